The molecule has 2 heterocycles. The van der Waals surface area contributed by atoms with Crippen molar-refractivity contribution >= 4 is 41.0 Å². The highest BCUT2D eigenvalue weighted by molar-refractivity contribution is 6.31. The summed E-state index contributed by atoms with van der Waals surface area (Å²) < 4.78 is 0.867. The number of aryl methyl sites for hydroxylation is 2. The van der Waals surface area contributed by atoms with Crippen LogP contribution in [0.4, 0.5) is 11.6 Å². The lowest BCUT2D eigenvalue weighted by Gasteiger charge is -2.45. The number of carbonyl (C=O) groups is 3. The van der Waals surface area contributed by atoms with E-state index in [4.69, 9.17) is 23.1 Å². The van der Waals surface area contributed by atoms with E-state index in [9.17, 15) is 24.6 Å². The van der Waals surface area contributed by atoms with E-state index in [1.165, 1.54) is 0 Å². The van der Waals surface area contributed by atoms with E-state index in [2.05, 4.69) is 9.97 Å². The van der Waals surface area contributed by atoms with Gasteiger partial charge in [-0.1, -0.05) is 48.0 Å². The topological polar surface area (TPSA) is 172 Å². The molecule has 0 spiro atoms. The molecule has 2 aromatic carbocycles. The van der Waals surface area contributed by atoms with Gasteiger partial charge in [0, 0.05) is 25.2 Å². The van der Waals surface area contributed by atoms with E-state index in [0.29, 0.717) is 6.42 Å². The summed E-state index contributed by atoms with van der Waals surface area (Å²) in [5, 5.41) is 20.2. The molecular weight excluding hydrogens is 558 g/mol. The molecule has 1 aromatic heterocycles. The highest BCUT2D eigenvalue weighted by Gasteiger charge is 2.36. The lowest BCUT2D eigenvalue weighted by Crippen LogP contribution is -2.55. The molecule has 2 atom stereocenters. The molecule has 0 radical (unpaired) electrons. The van der Waals surface area contributed by atoms with Crippen molar-refractivity contribution in [1.82, 2.24) is 9.97 Å². The molecule has 0 saturated carbocycles. The second-order valence-corrected chi connectivity index (χ2v) is 11.5. The molecule has 0 bridgehead atoms. The monoisotopic (exact) mass is 593 g/mol. The fraction of sp³-hybridized carbons (Fsp3) is 0.387. The maximum atomic E-state index is 13.2. The van der Waals surface area contributed by atoms with Crippen LogP contribution < -0.4 is 16.6 Å². The summed E-state index contributed by atoms with van der Waals surface area (Å²) in [7, 11) is 0. The number of carboxylic acids is 2. The second-order valence-electron chi connectivity index (χ2n) is 11.2. The number of aromatic nitrogens is 2. The number of nitrogen functional groups attached to an aromatic ring is 2. The summed E-state index contributed by atoms with van der Waals surface area (Å²) in [5.74, 6) is -2.21. The average molecular weight is 594 g/mol. The van der Waals surface area contributed by atoms with Crippen LogP contribution in [-0.2, 0) is 12.8 Å². The minimum absolute atomic E-state index is 0.00839. The number of carboxylic acid groups (broad SMARTS) is 2. The van der Waals surface area contributed by atoms with Crippen LogP contribution in [0.15, 0.2) is 48.5 Å². The minimum Gasteiger partial charge on any atom is -0.545 e. The Labute approximate surface area is 249 Å². The third-order valence-electron chi connectivity index (χ3n) is 8.12. The zero-order valence-corrected chi connectivity index (χ0v) is 24.2. The van der Waals surface area contributed by atoms with Crippen LogP contribution in [-0.4, -0.2) is 63.5 Å². The second kappa shape index (κ2) is 13.8. The van der Waals surface area contributed by atoms with Gasteiger partial charge in [0.2, 0.25) is 0 Å². The Morgan fingerprint density at radius 2 is 1.48 bits per heavy atom. The van der Waals surface area contributed by atoms with Crippen molar-refractivity contribution < 1.29 is 29.1 Å². The van der Waals surface area contributed by atoms with Gasteiger partial charge in [-0.15, -0.1) is 0 Å². The third kappa shape index (κ3) is 8.04. The first-order valence-corrected chi connectivity index (χ1v) is 14.5. The van der Waals surface area contributed by atoms with E-state index in [1.54, 1.807) is 24.3 Å². The number of benzene rings is 2. The number of hydrogen-bond acceptors (Lipinski definition) is 8. The van der Waals surface area contributed by atoms with Gasteiger partial charge in [0.15, 0.2) is 22.6 Å². The number of ketones is 1. The first-order chi connectivity index (χ1) is 20.0. The molecule has 42 heavy (non-hydrogen) atoms. The molecule has 5 N–H and O–H groups in total. The minimum atomic E-state index is -1.19. The summed E-state index contributed by atoms with van der Waals surface area (Å²) in [6, 6.07) is 13.8. The average Bonchev–Trinajstić information content (AvgIpc) is 2.95. The molecular formula is C31H36ClN5O5. The number of nitrogens with zero attached hydrogens (tertiary/aromatic N) is 3. The largest absolute Gasteiger partial charge is 0.545 e. The van der Waals surface area contributed by atoms with Gasteiger partial charge in [0.25, 0.3) is 0 Å². The molecule has 0 amide bonds. The molecule has 11 heteroatoms. The summed E-state index contributed by atoms with van der Waals surface area (Å²) >= 11 is 6.01. The van der Waals surface area contributed by atoms with Crippen LogP contribution in [0.25, 0.3) is 0 Å². The number of halogens is 1. The number of anilines is 2. The maximum Gasteiger partial charge on any atom is 0.335 e. The van der Waals surface area contributed by atoms with E-state index in [0.717, 1.165) is 80.3 Å². The molecule has 222 valence electrons. The lowest BCUT2D eigenvalue weighted by molar-refractivity contribution is -0.936. The summed E-state index contributed by atoms with van der Waals surface area (Å²) in [4.78, 5) is 43.5. The van der Waals surface area contributed by atoms with Crippen molar-refractivity contribution in [2.24, 2.45) is 5.92 Å². The number of likely N-dealkylation sites (tertiary alicyclic amines) is 1. The predicted molar refractivity (Wildman–Crippen MR) is 158 cm³/mol. The van der Waals surface area contributed by atoms with Crippen LogP contribution in [0.5, 0.6) is 0 Å². The lowest BCUT2D eigenvalue weighted by atomic mass is 9.89. The Kier molecular flexibility index (Phi) is 10.1. The van der Waals surface area contributed by atoms with Crippen molar-refractivity contribution in [3.63, 3.8) is 0 Å². The highest BCUT2D eigenvalue weighted by Crippen LogP contribution is 2.30. The number of piperidine rings is 1. The quantitative estimate of drug-likeness (QED) is 0.198. The first-order valence-electron chi connectivity index (χ1n) is 14.1. The third-order valence-corrected chi connectivity index (χ3v) is 8.40. The molecule has 1 aliphatic heterocycles. The zero-order chi connectivity index (χ0) is 30.3. The number of carbonyl (C=O) groups excluding carboxylic acids is 2. The fourth-order valence-corrected chi connectivity index (χ4v) is 6.12. The Hall–Kier alpha value is -4.02. The highest BCUT2D eigenvalue weighted by atomic mass is 35.5. The standard InChI is InChI=1S/C31H36ClN5O5/c32-27-29(34)36-28(33)26(35-27)25(38)18-22-6-3-17-37(19-22,15-1-4-20-7-11-23(12-8-20)30(39)40)16-2-5-21-9-13-24(14-10-21)31(41)42/h7-14,22H,1-6,15-19H2,(H5-,33,34,36,38,39,40,41,42). The number of hydrogen-bond donors (Lipinski definition) is 3. The number of quaternary nitrogens is 1. The van der Waals surface area contributed by atoms with Crippen LogP contribution in [0.1, 0.15) is 74.4 Å². The van der Waals surface area contributed by atoms with Crippen molar-refractivity contribution in [3.8, 4) is 0 Å². The van der Waals surface area contributed by atoms with E-state index < -0.39 is 11.9 Å². The molecule has 4 rings (SSSR count). The van der Waals surface area contributed by atoms with Crippen LogP contribution in [0.2, 0.25) is 5.15 Å². The van der Waals surface area contributed by atoms with Crippen LogP contribution in [0, 0.1) is 5.92 Å². The van der Waals surface area contributed by atoms with Crippen molar-refractivity contribution in [2.75, 3.05) is 37.6 Å². The van der Waals surface area contributed by atoms with Gasteiger partial charge in [-0.05, 0) is 54.5 Å². The number of rotatable bonds is 13. The Bertz CT molecular complexity index is 1370. The normalized spacial score (nSPS) is 18.5. The summed E-state index contributed by atoms with van der Waals surface area (Å²) in [6.45, 7) is 3.68. The van der Waals surface area contributed by atoms with Crippen molar-refractivity contribution in [1.29, 1.82) is 0 Å². The predicted octanol–water partition coefficient (Wildman–Crippen LogP) is 3.42. The van der Waals surface area contributed by atoms with Crippen LogP contribution >= 0.6 is 11.6 Å². The van der Waals surface area contributed by atoms with E-state index >= 15 is 0 Å². The first kappa shape index (κ1) is 30.9. The van der Waals surface area contributed by atoms with Gasteiger partial charge in [0.05, 0.1) is 37.7 Å². The van der Waals surface area contributed by atoms with Gasteiger partial charge in [0.1, 0.15) is 5.69 Å². The van der Waals surface area contributed by atoms with Gasteiger partial charge >= 0.3 is 5.97 Å². The molecule has 0 aliphatic carbocycles. The number of Topliss-reactive ketones (excluding diaryl/α,β-unsaturated/α-hetero) is 1. The molecule has 1 saturated heterocycles. The molecule has 1 fully saturated rings. The smallest absolute Gasteiger partial charge is 0.335 e. The molecule has 3 aromatic rings. The van der Waals surface area contributed by atoms with E-state index in [-0.39, 0.29) is 45.3 Å². The summed E-state index contributed by atoms with van der Waals surface area (Å²) in [6.07, 6.45) is 5.65. The van der Waals surface area contributed by atoms with Gasteiger partial charge in [-0.2, -0.15) is 0 Å². The summed E-state index contributed by atoms with van der Waals surface area (Å²) in [5.41, 5.74) is 14.3. The Morgan fingerprint density at radius 3 is 2.02 bits per heavy atom. The molecule has 10 nitrogen and oxygen atoms in total. The molecule has 2 unspecified atom stereocenters. The number of nitrogens with two attached hydrogens (primary N) is 2. The van der Waals surface area contributed by atoms with Crippen molar-refractivity contribution in [2.45, 2.75) is 44.9 Å². The van der Waals surface area contributed by atoms with Gasteiger partial charge in [-0.25, -0.2) is 14.8 Å². The van der Waals surface area contributed by atoms with E-state index in [1.807, 2.05) is 24.3 Å². The molecule has 1 aliphatic rings. The maximum absolute atomic E-state index is 13.2. The van der Waals surface area contributed by atoms with Crippen molar-refractivity contribution in [3.05, 3.63) is 81.6 Å². The number of aromatic carboxylic acids is 2. The van der Waals surface area contributed by atoms with Gasteiger partial charge < -0.3 is 31.0 Å². The van der Waals surface area contributed by atoms with Gasteiger partial charge in [-0.3, -0.25) is 4.79 Å². The zero-order valence-electron chi connectivity index (χ0n) is 23.4. The Balaban J connectivity index is 1.44. The van der Waals surface area contributed by atoms with Crippen LogP contribution in [0.3, 0.4) is 0 Å². The SMILES string of the molecule is Nc1nc(N)c(C(=O)CC2CCC[N+](CCCc3ccc(C(=O)[O-])cc3)(CCCc3ccc(C(=O)O)cc3)C2)nc1Cl. The fourth-order valence-electron chi connectivity index (χ4n) is 5.99. The Morgan fingerprint density at radius 1 is 0.905 bits per heavy atom.